The van der Waals surface area contributed by atoms with Crippen molar-refractivity contribution in [3.05, 3.63) is 29.8 Å². The Morgan fingerprint density at radius 1 is 1.45 bits per heavy atom. The first-order chi connectivity index (χ1) is 10.6. The van der Waals surface area contributed by atoms with Crippen LogP contribution in [0, 0.1) is 0 Å². The zero-order valence-electron chi connectivity index (χ0n) is 13.1. The Morgan fingerprint density at radius 2 is 2.27 bits per heavy atom. The van der Waals surface area contributed by atoms with Crippen molar-refractivity contribution in [3.8, 4) is 5.75 Å². The fourth-order valence-corrected chi connectivity index (χ4v) is 2.46. The third kappa shape index (κ3) is 4.46. The predicted molar refractivity (Wildman–Crippen MR) is 83.5 cm³/mol. The number of carbonyl (C=O) groups is 2. The molecule has 0 saturated carbocycles. The molecule has 1 unspecified atom stereocenters. The summed E-state index contributed by atoms with van der Waals surface area (Å²) in [5.41, 5.74) is 0.985. The maximum atomic E-state index is 12.1. The zero-order valence-corrected chi connectivity index (χ0v) is 13.1. The van der Waals surface area contributed by atoms with Gasteiger partial charge in [-0.2, -0.15) is 0 Å². The first-order valence-corrected chi connectivity index (χ1v) is 7.48. The van der Waals surface area contributed by atoms with E-state index in [2.05, 4.69) is 10.6 Å². The molecule has 2 amide bonds. The van der Waals surface area contributed by atoms with E-state index in [9.17, 15) is 9.59 Å². The lowest BCUT2D eigenvalue weighted by molar-refractivity contribution is -0.132. The molecular formula is C16H23N3O3. The highest BCUT2D eigenvalue weighted by atomic mass is 16.5. The maximum Gasteiger partial charge on any atom is 0.242 e. The van der Waals surface area contributed by atoms with E-state index in [1.807, 2.05) is 24.3 Å². The molecule has 0 radical (unpaired) electrons. The molecule has 1 fully saturated rings. The summed E-state index contributed by atoms with van der Waals surface area (Å²) in [4.78, 5) is 25.5. The Kier molecular flexibility index (Phi) is 5.77. The van der Waals surface area contributed by atoms with E-state index in [1.165, 1.54) is 0 Å². The molecule has 22 heavy (non-hydrogen) atoms. The highest BCUT2D eigenvalue weighted by Gasteiger charge is 2.22. The van der Waals surface area contributed by atoms with E-state index in [1.54, 1.807) is 19.1 Å². The monoisotopic (exact) mass is 305 g/mol. The van der Waals surface area contributed by atoms with Gasteiger partial charge >= 0.3 is 0 Å². The molecule has 1 aromatic carbocycles. The highest BCUT2D eigenvalue weighted by Crippen LogP contribution is 2.13. The summed E-state index contributed by atoms with van der Waals surface area (Å²) in [6, 6.07) is 7.43. The number of benzene rings is 1. The van der Waals surface area contributed by atoms with Crippen LogP contribution in [0.25, 0.3) is 0 Å². The van der Waals surface area contributed by atoms with E-state index in [-0.39, 0.29) is 24.4 Å². The van der Waals surface area contributed by atoms with Gasteiger partial charge in [0, 0.05) is 13.6 Å². The van der Waals surface area contributed by atoms with Crippen LogP contribution < -0.4 is 15.4 Å². The minimum Gasteiger partial charge on any atom is -0.497 e. The summed E-state index contributed by atoms with van der Waals surface area (Å²) in [6.45, 7) is 1.37. The average molecular weight is 305 g/mol. The number of methoxy groups -OCH3 is 1. The van der Waals surface area contributed by atoms with E-state index in [0.717, 1.165) is 30.7 Å². The van der Waals surface area contributed by atoms with Crippen molar-refractivity contribution in [3.63, 3.8) is 0 Å². The lowest BCUT2D eigenvalue weighted by Crippen LogP contribution is -2.44. The molecular weight excluding hydrogens is 282 g/mol. The first-order valence-electron chi connectivity index (χ1n) is 7.48. The van der Waals surface area contributed by atoms with Crippen molar-refractivity contribution in [2.45, 2.75) is 25.4 Å². The van der Waals surface area contributed by atoms with Crippen LogP contribution in [-0.4, -0.2) is 50.0 Å². The molecule has 0 bridgehead atoms. The Hall–Kier alpha value is -2.08. The summed E-state index contributed by atoms with van der Waals surface area (Å²) < 4.78 is 5.17. The second kappa shape index (κ2) is 7.79. The minimum atomic E-state index is -0.156. The lowest BCUT2D eigenvalue weighted by atomic mass is 10.2. The summed E-state index contributed by atoms with van der Waals surface area (Å²) in [6.07, 6.45) is 1.83. The number of amides is 2. The standard InChI is InChI=1S/C16H23N3O3/c1-19(11-12-5-3-6-13(9-12)22-2)15(20)10-18-16(21)14-7-4-8-17-14/h3,5-6,9,14,17H,4,7-8,10-11H2,1-2H3,(H,18,21). The molecule has 120 valence electrons. The van der Waals surface area contributed by atoms with Gasteiger partial charge in [0.25, 0.3) is 0 Å². The van der Waals surface area contributed by atoms with E-state index in [0.29, 0.717) is 6.54 Å². The number of carbonyl (C=O) groups excluding carboxylic acids is 2. The molecule has 1 heterocycles. The molecule has 1 atom stereocenters. The molecule has 6 heteroatoms. The van der Waals surface area contributed by atoms with Crippen molar-refractivity contribution in [1.29, 1.82) is 0 Å². The van der Waals surface area contributed by atoms with Gasteiger partial charge in [-0.15, -0.1) is 0 Å². The number of ether oxygens (including phenoxy) is 1. The second-order valence-electron chi connectivity index (χ2n) is 5.47. The van der Waals surface area contributed by atoms with Crippen LogP contribution >= 0.6 is 0 Å². The Morgan fingerprint density at radius 3 is 2.95 bits per heavy atom. The summed E-state index contributed by atoms with van der Waals surface area (Å²) in [5.74, 6) is 0.550. The number of hydrogen-bond donors (Lipinski definition) is 2. The van der Waals surface area contributed by atoms with Crippen LogP contribution in [0.15, 0.2) is 24.3 Å². The molecule has 1 aromatic rings. The van der Waals surface area contributed by atoms with E-state index < -0.39 is 0 Å². The fraction of sp³-hybridized carbons (Fsp3) is 0.500. The van der Waals surface area contributed by atoms with Gasteiger partial charge in [0.2, 0.25) is 11.8 Å². The SMILES string of the molecule is COc1cccc(CN(C)C(=O)CNC(=O)C2CCCN2)c1. The number of likely N-dealkylation sites (N-methyl/N-ethyl adjacent to an activating group) is 1. The molecule has 2 N–H and O–H groups in total. The third-order valence-electron chi connectivity index (χ3n) is 3.77. The van der Waals surface area contributed by atoms with Gasteiger partial charge in [0.15, 0.2) is 0 Å². The summed E-state index contributed by atoms with van der Waals surface area (Å²) >= 11 is 0. The van der Waals surface area contributed by atoms with Crippen molar-refractivity contribution >= 4 is 11.8 Å². The molecule has 0 spiro atoms. The fourth-order valence-electron chi connectivity index (χ4n) is 2.46. The summed E-state index contributed by atoms with van der Waals surface area (Å²) in [7, 11) is 3.34. The van der Waals surface area contributed by atoms with Crippen LogP contribution in [0.3, 0.4) is 0 Å². The zero-order chi connectivity index (χ0) is 15.9. The first kappa shape index (κ1) is 16.3. The molecule has 2 rings (SSSR count). The van der Waals surface area contributed by atoms with Crippen molar-refractivity contribution in [2.75, 3.05) is 27.2 Å². The second-order valence-corrected chi connectivity index (χ2v) is 5.47. The highest BCUT2D eigenvalue weighted by molar-refractivity contribution is 5.87. The number of nitrogens with zero attached hydrogens (tertiary/aromatic N) is 1. The number of rotatable bonds is 6. The van der Waals surface area contributed by atoms with Crippen molar-refractivity contribution in [1.82, 2.24) is 15.5 Å². The van der Waals surface area contributed by atoms with Gasteiger partial charge in [-0.25, -0.2) is 0 Å². The molecule has 0 aliphatic carbocycles. The molecule has 6 nitrogen and oxygen atoms in total. The topological polar surface area (TPSA) is 70.7 Å². The molecule has 1 saturated heterocycles. The normalized spacial score (nSPS) is 17.1. The largest absolute Gasteiger partial charge is 0.497 e. The van der Waals surface area contributed by atoms with Gasteiger partial charge < -0.3 is 20.3 Å². The van der Waals surface area contributed by atoms with Crippen LogP contribution in [0.1, 0.15) is 18.4 Å². The lowest BCUT2D eigenvalue weighted by Gasteiger charge is -2.19. The number of nitrogens with one attached hydrogen (secondary N) is 2. The number of hydrogen-bond acceptors (Lipinski definition) is 4. The average Bonchev–Trinajstić information content (AvgIpc) is 3.06. The summed E-state index contributed by atoms with van der Waals surface area (Å²) in [5, 5.41) is 5.81. The Balaban J connectivity index is 1.79. The van der Waals surface area contributed by atoms with Gasteiger partial charge in [-0.05, 0) is 37.1 Å². The van der Waals surface area contributed by atoms with Crippen LogP contribution in [0.5, 0.6) is 5.75 Å². The van der Waals surface area contributed by atoms with Crippen LogP contribution in [-0.2, 0) is 16.1 Å². The van der Waals surface area contributed by atoms with E-state index in [4.69, 9.17) is 4.74 Å². The van der Waals surface area contributed by atoms with Crippen LogP contribution in [0.2, 0.25) is 0 Å². The predicted octanol–water partition coefficient (Wildman–Crippen LogP) is 0.522. The van der Waals surface area contributed by atoms with Gasteiger partial charge in [0.1, 0.15) is 5.75 Å². The van der Waals surface area contributed by atoms with Gasteiger partial charge in [-0.1, -0.05) is 12.1 Å². The minimum absolute atomic E-state index is 0.0253. The van der Waals surface area contributed by atoms with Crippen molar-refractivity contribution < 1.29 is 14.3 Å². The molecule has 1 aliphatic heterocycles. The quantitative estimate of drug-likeness (QED) is 0.804. The van der Waals surface area contributed by atoms with Gasteiger partial charge in [-0.3, -0.25) is 9.59 Å². The van der Waals surface area contributed by atoms with Gasteiger partial charge in [0.05, 0.1) is 19.7 Å². The smallest absolute Gasteiger partial charge is 0.242 e. The Bertz CT molecular complexity index is 527. The van der Waals surface area contributed by atoms with E-state index >= 15 is 0 Å². The third-order valence-corrected chi connectivity index (χ3v) is 3.77. The van der Waals surface area contributed by atoms with Crippen LogP contribution in [0.4, 0.5) is 0 Å². The van der Waals surface area contributed by atoms with Crippen molar-refractivity contribution in [2.24, 2.45) is 0 Å². The molecule has 1 aliphatic rings. The maximum absolute atomic E-state index is 12.1. The molecule has 0 aromatic heterocycles. The Labute approximate surface area is 130 Å².